The van der Waals surface area contributed by atoms with Crippen molar-refractivity contribution in [2.24, 2.45) is 0 Å². The van der Waals surface area contributed by atoms with E-state index in [0.29, 0.717) is 21.8 Å². The molecule has 0 saturated heterocycles. The third-order valence-electron chi connectivity index (χ3n) is 4.52. The Kier molecular flexibility index (Phi) is 10.5. The number of benzene rings is 3. The zero-order valence-corrected chi connectivity index (χ0v) is 21.4. The number of nitrogens with one attached hydrogen (secondary N) is 1. The average Bonchev–Trinajstić information content (AvgIpc) is 2.87. The number of anilines is 3. The first-order chi connectivity index (χ1) is 16.9. The molecular weight excluding hydrogens is 485 g/mol. The molecular formula is C27H27Cl2N3O3. The Hall–Kier alpha value is -3.61. The van der Waals surface area contributed by atoms with E-state index in [0.717, 1.165) is 0 Å². The number of halogens is 2. The van der Waals surface area contributed by atoms with Crippen LogP contribution < -0.4 is 10.2 Å². The van der Waals surface area contributed by atoms with Gasteiger partial charge >= 0.3 is 12.0 Å². The molecule has 0 bridgehead atoms. The second-order valence-corrected chi connectivity index (χ2v) is 7.42. The number of nitrogens with zero attached hydrogens (tertiary/aromatic N) is 2. The summed E-state index contributed by atoms with van der Waals surface area (Å²) in [6.45, 7) is 8.00. The molecule has 0 spiro atoms. The molecule has 0 radical (unpaired) electrons. The summed E-state index contributed by atoms with van der Waals surface area (Å²) in [5.41, 5.74) is 1.51. The van der Waals surface area contributed by atoms with Gasteiger partial charge in [-0.1, -0.05) is 87.3 Å². The summed E-state index contributed by atoms with van der Waals surface area (Å²) in [5.74, 6) is -1.24. The highest BCUT2D eigenvalue weighted by atomic mass is 35.5. The molecule has 0 aliphatic rings. The fourth-order valence-electron chi connectivity index (χ4n) is 3.20. The standard InChI is InChI=1S/C23H15Cl2N3O3.2C2H6/c24-14-11-17(25)21-18(12-14)26-20(22(29)30)13-19(21)27-23(31)28(15-7-3-1-4-8-15)16-9-5-2-6-10-16;2*1-2/h1-13H,(H,29,30)(H,26,27,31);2*1-2H3. The van der Waals surface area contributed by atoms with Crippen LogP contribution in [0.4, 0.5) is 21.9 Å². The van der Waals surface area contributed by atoms with Crippen LogP contribution >= 0.6 is 23.2 Å². The van der Waals surface area contributed by atoms with Crippen molar-refractivity contribution in [3.05, 3.63) is 94.6 Å². The van der Waals surface area contributed by atoms with Gasteiger partial charge in [-0.3, -0.25) is 4.90 Å². The molecule has 8 heteroatoms. The molecule has 6 nitrogen and oxygen atoms in total. The number of aromatic carboxylic acids is 1. The van der Waals surface area contributed by atoms with E-state index in [1.165, 1.54) is 23.1 Å². The van der Waals surface area contributed by atoms with Gasteiger partial charge in [0.25, 0.3) is 0 Å². The van der Waals surface area contributed by atoms with Crippen LogP contribution in [0.15, 0.2) is 78.9 Å². The number of carboxylic acid groups (broad SMARTS) is 1. The van der Waals surface area contributed by atoms with Crippen molar-refractivity contribution in [2.75, 3.05) is 10.2 Å². The minimum absolute atomic E-state index is 0.214. The summed E-state index contributed by atoms with van der Waals surface area (Å²) in [7, 11) is 0. The number of hydrogen-bond acceptors (Lipinski definition) is 3. The number of carboxylic acids is 1. The number of para-hydroxylation sites is 2. The number of hydrogen-bond donors (Lipinski definition) is 2. The SMILES string of the molecule is CC.CC.O=C(O)c1cc(NC(=O)N(c2ccccc2)c2ccccc2)c2c(Cl)cc(Cl)cc2n1. The van der Waals surface area contributed by atoms with Crippen molar-refractivity contribution in [1.29, 1.82) is 0 Å². The average molecular weight is 512 g/mol. The minimum Gasteiger partial charge on any atom is -0.477 e. The van der Waals surface area contributed by atoms with Gasteiger partial charge in [-0.15, -0.1) is 0 Å². The molecule has 2 amide bonds. The molecule has 1 heterocycles. The highest BCUT2D eigenvalue weighted by molar-refractivity contribution is 6.39. The predicted molar refractivity (Wildman–Crippen MR) is 145 cm³/mol. The number of carbonyl (C=O) groups excluding carboxylic acids is 1. The van der Waals surface area contributed by atoms with E-state index in [1.807, 2.05) is 64.1 Å². The molecule has 1 aromatic heterocycles. The lowest BCUT2D eigenvalue weighted by molar-refractivity contribution is 0.0691. The lowest BCUT2D eigenvalue weighted by Crippen LogP contribution is -2.31. The topological polar surface area (TPSA) is 82.5 Å². The summed E-state index contributed by atoms with van der Waals surface area (Å²) >= 11 is 12.4. The first kappa shape index (κ1) is 27.6. The van der Waals surface area contributed by atoms with E-state index < -0.39 is 12.0 Å². The number of fused-ring (bicyclic) bond motifs is 1. The molecule has 2 N–H and O–H groups in total. The van der Waals surface area contributed by atoms with Crippen molar-refractivity contribution < 1.29 is 14.7 Å². The van der Waals surface area contributed by atoms with E-state index in [2.05, 4.69) is 10.3 Å². The third kappa shape index (κ3) is 6.72. The maximum absolute atomic E-state index is 13.4. The molecule has 3 aromatic carbocycles. The number of urea groups is 1. The molecule has 0 saturated carbocycles. The van der Waals surface area contributed by atoms with Gasteiger partial charge in [0.1, 0.15) is 0 Å². The van der Waals surface area contributed by atoms with E-state index >= 15 is 0 Å². The molecule has 35 heavy (non-hydrogen) atoms. The van der Waals surface area contributed by atoms with Crippen molar-refractivity contribution in [1.82, 2.24) is 4.98 Å². The number of carbonyl (C=O) groups is 2. The van der Waals surface area contributed by atoms with E-state index in [-0.39, 0.29) is 21.9 Å². The molecule has 0 aliphatic heterocycles. The number of aromatic nitrogens is 1. The molecule has 4 aromatic rings. The Morgan fingerprint density at radius 2 is 1.34 bits per heavy atom. The molecule has 182 valence electrons. The molecule has 0 unspecified atom stereocenters. The van der Waals surface area contributed by atoms with Crippen LogP contribution in [0.25, 0.3) is 10.9 Å². The van der Waals surface area contributed by atoms with Crippen molar-refractivity contribution >= 4 is 63.2 Å². The quantitative estimate of drug-likeness (QED) is 0.287. The van der Waals surface area contributed by atoms with Gasteiger partial charge in [-0.2, -0.15) is 0 Å². The van der Waals surface area contributed by atoms with Crippen LogP contribution in [-0.2, 0) is 0 Å². The Balaban J connectivity index is 0.00000103. The molecule has 4 rings (SSSR count). The van der Waals surface area contributed by atoms with Crippen molar-refractivity contribution in [3.8, 4) is 0 Å². The first-order valence-corrected chi connectivity index (χ1v) is 11.9. The van der Waals surface area contributed by atoms with Crippen LogP contribution in [0.2, 0.25) is 10.0 Å². The van der Waals surface area contributed by atoms with Gasteiger partial charge in [0.2, 0.25) is 0 Å². The molecule has 0 atom stereocenters. The van der Waals surface area contributed by atoms with Crippen molar-refractivity contribution in [3.63, 3.8) is 0 Å². The van der Waals surface area contributed by atoms with Crippen LogP contribution in [-0.4, -0.2) is 22.1 Å². The second kappa shape index (κ2) is 13.3. The predicted octanol–water partition coefficient (Wildman–Crippen LogP) is 8.66. The summed E-state index contributed by atoms with van der Waals surface area (Å²) < 4.78 is 0. The fourth-order valence-corrected chi connectivity index (χ4v) is 3.79. The van der Waals surface area contributed by atoms with Gasteiger partial charge in [0.15, 0.2) is 5.69 Å². The highest BCUT2D eigenvalue weighted by Gasteiger charge is 2.21. The number of pyridine rings is 1. The largest absolute Gasteiger partial charge is 0.477 e. The van der Waals surface area contributed by atoms with Gasteiger partial charge in [0, 0.05) is 10.4 Å². The lowest BCUT2D eigenvalue weighted by Gasteiger charge is -2.24. The van der Waals surface area contributed by atoms with Crippen LogP contribution in [0.3, 0.4) is 0 Å². The van der Waals surface area contributed by atoms with Gasteiger partial charge in [0.05, 0.1) is 27.6 Å². The summed E-state index contributed by atoms with van der Waals surface area (Å²) in [4.78, 5) is 30.5. The van der Waals surface area contributed by atoms with Crippen molar-refractivity contribution in [2.45, 2.75) is 27.7 Å². The van der Waals surface area contributed by atoms with E-state index in [1.54, 1.807) is 24.3 Å². The normalized spacial score (nSPS) is 9.77. The summed E-state index contributed by atoms with van der Waals surface area (Å²) in [6, 6.07) is 22.0. The fraction of sp³-hybridized carbons (Fsp3) is 0.148. The first-order valence-electron chi connectivity index (χ1n) is 11.2. The summed E-state index contributed by atoms with van der Waals surface area (Å²) in [5, 5.41) is 13.2. The second-order valence-electron chi connectivity index (χ2n) is 6.58. The minimum atomic E-state index is -1.24. The monoisotopic (exact) mass is 511 g/mol. The Bertz CT molecular complexity index is 1240. The van der Waals surface area contributed by atoms with E-state index in [4.69, 9.17) is 23.2 Å². The molecule has 0 aliphatic carbocycles. The Morgan fingerprint density at radius 3 is 1.83 bits per heavy atom. The smallest absolute Gasteiger partial charge is 0.354 e. The van der Waals surface area contributed by atoms with Crippen LogP contribution in [0.1, 0.15) is 38.2 Å². The maximum Gasteiger partial charge on any atom is 0.354 e. The molecule has 0 fully saturated rings. The maximum atomic E-state index is 13.4. The lowest BCUT2D eigenvalue weighted by atomic mass is 10.1. The Labute approximate surface area is 215 Å². The highest BCUT2D eigenvalue weighted by Crippen LogP contribution is 2.34. The zero-order valence-electron chi connectivity index (χ0n) is 19.9. The van der Waals surface area contributed by atoms with Crippen LogP contribution in [0.5, 0.6) is 0 Å². The van der Waals surface area contributed by atoms with E-state index in [9.17, 15) is 14.7 Å². The van der Waals surface area contributed by atoms with Gasteiger partial charge < -0.3 is 10.4 Å². The van der Waals surface area contributed by atoms with Gasteiger partial charge in [-0.05, 0) is 42.5 Å². The van der Waals surface area contributed by atoms with Crippen LogP contribution in [0, 0.1) is 0 Å². The summed E-state index contributed by atoms with van der Waals surface area (Å²) in [6.07, 6.45) is 0. The number of amides is 2. The van der Waals surface area contributed by atoms with Gasteiger partial charge in [-0.25, -0.2) is 14.6 Å². The number of rotatable bonds is 4. The Morgan fingerprint density at radius 1 is 0.829 bits per heavy atom. The third-order valence-corrected chi connectivity index (χ3v) is 5.03. The zero-order chi connectivity index (χ0) is 26.0.